The Morgan fingerprint density at radius 2 is 1.88 bits per heavy atom. The van der Waals surface area contributed by atoms with Crippen LogP contribution in [-0.2, 0) is 21.0 Å². The number of carbonyl (C=O) groups is 1. The number of rotatable bonds is 8. The summed E-state index contributed by atoms with van der Waals surface area (Å²) in [4.78, 5) is 17.1. The molecule has 0 fully saturated rings. The molecule has 3 rings (SSSR count). The predicted molar refractivity (Wildman–Crippen MR) is 118 cm³/mol. The zero-order valence-electron chi connectivity index (χ0n) is 18.3. The van der Waals surface area contributed by atoms with E-state index in [4.69, 9.17) is 4.74 Å². The Morgan fingerprint density at radius 3 is 2.56 bits per heavy atom. The summed E-state index contributed by atoms with van der Waals surface area (Å²) in [7, 11) is -3.76. The van der Waals surface area contributed by atoms with E-state index >= 15 is 0 Å². The highest BCUT2D eigenvalue weighted by atomic mass is 32.2. The summed E-state index contributed by atoms with van der Waals surface area (Å²) in [5.41, 5.74) is -0.522. The van der Waals surface area contributed by atoms with E-state index in [1.807, 2.05) is 0 Å². The number of amidine groups is 1. The van der Waals surface area contributed by atoms with Gasteiger partial charge in [-0.2, -0.15) is 13.2 Å². The summed E-state index contributed by atoms with van der Waals surface area (Å²) in [5, 5.41) is 12.6. The number of halogens is 3. The molecule has 12 heteroatoms. The predicted octanol–water partition coefficient (Wildman–Crippen LogP) is 2.32. The fourth-order valence-electron chi connectivity index (χ4n) is 3.22. The van der Waals surface area contributed by atoms with E-state index in [2.05, 4.69) is 15.0 Å². The molecular formula is C22H24F3N3O5S. The Hall–Kier alpha value is -3.12. The van der Waals surface area contributed by atoms with Gasteiger partial charge in [-0.1, -0.05) is 32.0 Å². The molecule has 1 aliphatic rings. The molecule has 1 heterocycles. The van der Waals surface area contributed by atoms with Crippen molar-refractivity contribution in [3.05, 3.63) is 59.7 Å². The van der Waals surface area contributed by atoms with E-state index in [1.54, 1.807) is 32.0 Å². The van der Waals surface area contributed by atoms with Gasteiger partial charge in [-0.15, -0.1) is 0 Å². The average Bonchev–Trinajstić information content (AvgIpc) is 3.04. The first kappa shape index (κ1) is 25.5. The molecule has 0 aliphatic carbocycles. The molecular weight excluding hydrogens is 475 g/mol. The molecule has 2 atom stereocenters. The molecule has 3 N–H and O–H groups in total. The maximum atomic E-state index is 12.8. The van der Waals surface area contributed by atoms with Crippen LogP contribution in [0.4, 0.5) is 13.2 Å². The van der Waals surface area contributed by atoms with Crippen molar-refractivity contribution >= 4 is 21.8 Å². The Bertz CT molecular complexity index is 1180. The molecule has 2 aromatic carbocycles. The average molecular weight is 500 g/mol. The van der Waals surface area contributed by atoms with Gasteiger partial charge in [0.2, 0.25) is 5.91 Å². The number of amides is 1. The molecule has 184 valence electrons. The van der Waals surface area contributed by atoms with Crippen molar-refractivity contribution in [3.63, 3.8) is 0 Å². The highest BCUT2D eigenvalue weighted by Crippen LogP contribution is 2.31. The zero-order valence-corrected chi connectivity index (χ0v) is 19.2. The van der Waals surface area contributed by atoms with Crippen LogP contribution in [-0.4, -0.2) is 50.6 Å². The van der Waals surface area contributed by atoms with Gasteiger partial charge in [0.05, 0.1) is 10.5 Å². The lowest BCUT2D eigenvalue weighted by Gasteiger charge is -2.19. The van der Waals surface area contributed by atoms with Crippen LogP contribution >= 0.6 is 0 Å². The maximum Gasteiger partial charge on any atom is 0.416 e. The van der Waals surface area contributed by atoms with Crippen LogP contribution in [0.25, 0.3) is 0 Å². The van der Waals surface area contributed by atoms with Crippen molar-refractivity contribution in [2.75, 3.05) is 13.2 Å². The summed E-state index contributed by atoms with van der Waals surface area (Å²) in [6.45, 7) is 2.87. The molecule has 0 saturated carbocycles. The van der Waals surface area contributed by atoms with Gasteiger partial charge in [0.25, 0.3) is 10.0 Å². The van der Waals surface area contributed by atoms with Gasteiger partial charge in [-0.05, 0) is 36.2 Å². The number of aliphatic hydroxyl groups excluding tert-OH is 1. The van der Waals surface area contributed by atoms with Gasteiger partial charge in [0.15, 0.2) is 0 Å². The highest BCUT2D eigenvalue weighted by Gasteiger charge is 2.33. The third-order valence-electron chi connectivity index (χ3n) is 4.95. The molecule has 0 aromatic heterocycles. The van der Waals surface area contributed by atoms with Crippen LogP contribution in [0.15, 0.2) is 58.4 Å². The Labute approximate surface area is 194 Å². The lowest BCUT2D eigenvalue weighted by atomic mass is 10.0. The van der Waals surface area contributed by atoms with E-state index < -0.39 is 39.8 Å². The Morgan fingerprint density at radius 1 is 1.18 bits per heavy atom. The van der Waals surface area contributed by atoms with Crippen molar-refractivity contribution in [2.45, 2.75) is 37.1 Å². The molecule has 0 spiro atoms. The Kier molecular flexibility index (Phi) is 7.51. The lowest BCUT2D eigenvalue weighted by molar-refractivity contribution is -0.137. The molecule has 0 radical (unpaired) electrons. The van der Waals surface area contributed by atoms with E-state index in [9.17, 15) is 31.5 Å². The molecule has 2 aromatic rings. The fourth-order valence-corrected chi connectivity index (χ4v) is 4.45. The molecule has 1 aliphatic heterocycles. The molecule has 8 nitrogen and oxygen atoms in total. The Balaban J connectivity index is 1.61. The molecule has 1 amide bonds. The van der Waals surface area contributed by atoms with E-state index in [0.717, 1.165) is 12.1 Å². The number of hydrogen-bond acceptors (Lipinski definition) is 6. The van der Waals surface area contributed by atoms with Gasteiger partial charge in [-0.3, -0.25) is 14.5 Å². The SMILES string of the molecule is CC(C)[C@H](N=C1NS(=O)(=O)c2ccccc21)C(=O)NCC(O)COc1cccc(C(F)(F)F)c1. The van der Waals surface area contributed by atoms with E-state index in [0.29, 0.717) is 5.56 Å². The number of benzene rings is 2. The second-order valence-electron chi connectivity index (χ2n) is 8.00. The van der Waals surface area contributed by atoms with Crippen LogP contribution in [0.1, 0.15) is 25.0 Å². The summed E-state index contributed by atoms with van der Waals surface area (Å²) in [5.74, 6) is -0.871. The number of sulfonamides is 1. The van der Waals surface area contributed by atoms with Crippen molar-refractivity contribution in [1.82, 2.24) is 10.0 Å². The van der Waals surface area contributed by atoms with Gasteiger partial charge < -0.3 is 15.2 Å². The first-order valence-corrected chi connectivity index (χ1v) is 11.8. The van der Waals surface area contributed by atoms with Gasteiger partial charge >= 0.3 is 6.18 Å². The fraction of sp³-hybridized carbons (Fsp3) is 0.364. The van der Waals surface area contributed by atoms with Crippen LogP contribution in [0.5, 0.6) is 5.75 Å². The first-order valence-electron chi connectivity index (χ1n) is 10.3. The number of aliphatic imine (C=N–C) groups is 1. The molecule has 1 unspecified atom stereocenters. The van der Waals surface area contributed by atoms with Crippen LogP contribution in [0.3, 0.4) is 0 Å². The third-order valence-corrected chi connectivity index (χ3v) is 6.34. The quantitative estimate of drug-likeness (QED) is 0.516. The summed E-state index contributed by atoms with van der Waals surface area (Å²) in [6, 6.07) is 9.52. The van der Waals surface area contributed by atoms with Gasteiger partial charge in [0, 0.05) is 12.1 Å². The van der Waals surface area contributed by atoms with Crippen LogP contribution in [0.2, 0.25) is 0 Å². The first-order chi connectivity index (χ1) is 15.9. The number of carbonyl (C=O) groups excluding carboxylic acids is 1. The number of nitrogens with one attached hydrogen (secondary N) is 2. The van der Waals surface area contributed by atoms with Crippen molar-refractivity contribution in [2.24, 2.45) is 10.9 Å². The van der Waals surface area contributed by atoms with Crippen molar-refractivity contribution in [3.8, 4) is 5.75 Å². The number of alkyl halides is 3. The number of aliphatic hydroxyl groups is 1. The number of ether oxygens (including phenoxy) is 1. The highest BCUT2D eigenvalue weighted by molar-refractivity contribution is 7.90. The minimum Gasteiger partial charge on any atom is -0.491 e. The normalized spacial score (nSPS) is 17.7. The molecule has 0 saturated heterocycles. The number of fused-ring (bicyclic) bond motifs is 1. The van der Waals surface area contributed by atoms with Gasteiger partial charge in [0.1, 0.15) is 30.3 Å². The summed E-state index contributed by atoms with van der Waals surface area (Å²) >= 11 is 0. The van der Waals surface area contributed by atoms with Gasteiger partial charge in [-0.25, -0.2) is 8.42 Å². The summed E-state index contributed by atoms with van der Waals surface area (Å²) in [6.07, 6.45) is -5.72. The van der Waals surface area contributed by atoms with E-state index in [-0.39, 0.29) is 35.6 Å². The second-order valence-corrected chi connectivity index (χ2v) is 9.65. The molecule has 0 bridgehead atoms. The van der Waals surface area contributed by atoms with Crippen molar-refractivity contribution in [1.29, 1.82) is 0 Å². The van der Waals surface area contributed by atoms with E-state index in [1.165, 1.54) is 18.2 Å². The lowest BCUT2D eigenvalue weighted by Crippen LogP contribution is -2.42. The third kappa shape index (κ3) is 6.06. The topological polar surface area (TPSA) is 117 Å². The monoisotopic (exact) mass is 499 g/mol. The largest absolute Gasteiger partial charge is 0.491 e. The number of hydrogen-bond donors (Lipinski definition) is 3. The minimum absolute atomic E-state index is 0.0536. The summed E-state index contributed by atoms with van der Waals surface area (Å²) < 4.78 is 70.4. The van der Waals surface area contributed by atoms with Crippen LogP contribution < -0.4 is 14.8 Å². The maximum absolute atomic E-state index is 12.8. The standard InChI is InChI=1S/C22H24F3N3O5S/c1-13(2)19(27-20-17-8-3-4-9-18(17)34(31,32)28-20)21(30)26-11-15(29)12-33-16-7-5-6-14(10-16)22(23,24)25/h3-10,13,15,19,29H,11-12H2,1-2H3,(H,26,30)(H,27,28)/t15?,19-/m0/s1. The smallest absolute Gasteiger partial charge is 0.416 e. The van der Waals surface area contributed by atoms with Crippen molar-refractivity contribution < 1.29 is 36.2 Å². The van der Waals surface area contributed by atoms with Crippen LogP contribution in [0, 0.1) is 5.92 Å². The number of nitrogens with zero attached hydrogens (tertiary/aromatic N) is 1. The zero-order chi connectivity index (χ0) is 25.1. The molecule has 34 heavy (non-hydrogen) atoms. The minimum atomic E-state index is -4.52. The second kappa shape index (κ2) is 10.0.